The van der Waals surface area contributed by atoms with Gasteiger partial charge in [0, 0.05) is 55.9 Å². The van der Waals surface area contributed by atoms with Crippen LogP contribution >= 0.6 is 34.5 Å². The molecule has 0 saturated carbocycles. The van der Waals surface area contributed by atoms with Crippen molar-refractivity contribution in [2.45, 2.75) is 26.8 Å². The highest BCUT2D eigenvalue weighted by Gasteiger charge is 2.20. The van der Waals surface area contributed by atoms with E-state index >= 15 is 0 Å². The molecular formula is C23H27Cl2N3OS. The van der Waals surface area contributed by atoms with Gasteiger partial charge in [-0.2, -0.15) is 0 Å². The summed E-state index contributed by atoms with van der Waals surface area (Å²) >= 11 is 13.9. The number of hydrogen-bond acceptors (Lipinski definition) is 4. The minimum absolute atomic E-state index is 0.0695. The number of ketones is 1. The lowest BCUT2D eigenvalue weighted by Crippen LogP contribution is -2.47. The van der Waals surface area contributed by atoms with Gasteiger partial charge in [-0.3, -0.25) is 9.69 Å². The molecule has 0 bridgehead atoms. The van der Waals surface area contributed by atoms with E-state index in [0.717, 1.165) is 49.5 Å². The average Bonchev–Trinajstić information content (AvgIpc) is 3.26. The van der Waals surface area contributed by atoms with E-state index in [9.17, 15) is 4.79 Å². The second-order valence-electron chi connectivity index (χ2n) is 7.92. The molecule has 4 nitrogen and oxygen atoms in total. The summed E-state index contributed by atoms with van der Waals surface area (Å²) in [4.78, 5) is 20.0. The van der Waals surface area contributed by atoms with Crippen LogP contribution in [0.3, 0.4) is 0 Å². The molecule has 3 heterocycles. The molecule has 0 unspecified atom stereocenters. The van der Waals surface area contributed by atoms with Gasteiger partial charge in [0.2, 0.25) is 5.78 Å². The van der Waals surface area contributed by atoms with E-state index < -0.39 is 0 Å². The molecule has 1 saturated heterocycles. The summed E-state index contributed by atoms with van der Waals surface area (Å²) in [6.07, 6.45) is 1.22. The highest BCUT2D eigenvalue weighted by atomic mass is 35.5. The molecule has 0 atom stereocenters. The average molecular weight is 464 g/mol. The zero-order chi connectivity index (χ0) is 21.3. The highest BCUT2D eigenvalue weighted by molar-refractivity contribution is 7.20. The Kier molecular flexibility index (Phi) is 6.85. The Labute approximate surface area is 192 Å². The topological polar surface area (TPSA) is 28.5 Å². The molecule has 0 aliphatic carbocycles. The number of carbonyl (C=O) groups is 1. The first kappa shape index (κ1) is 21.8. The Morgan fingerprint density at radius 2 is 1.73 bits per heavy atom. The number of fused-ring (bicyclic) bond motifs is 1. The van der Waals surface area contributed by atoms with Gasteiger partial charge in [-0.25, -0.2) is 0 Å². The molecule has 2 aromatic heterocycles. The Bertz CT molecular complexity index is 1050. The van der Waals surface area contributed by atoms with E-state index in [2.05, 4.69) is 34.3 Å². The van der Waals surface area contributed by atoms with Crippen LogP contribution in [0.25, 0.3) is 10.2 Å². The van der Waals surface area contributed by atoms with E-state index in [1.807, 2.05) is 6.07 Å². The highest BCUT2D eigenvalue weighted by Crippen LogP contribution is 2.33. The van der Waals surface area contributed by atoms with Crippen LogP contribution in [0.1, 0.15) is 34.3 Å². The van der Waals surface area contributed by atoms with Gasteiger partial charge in [-0.1, -0.05) is 36.2 Å². The van der Waals surface area contributed by atoms with E-state index in [4.69, 9.17) is 23.2 Å². The molecule has 1 fully saturated rings. The van der Waals surface area contributed by atoms with Crippen molar-refractivity contribution < 1.29 is 4.79 Å². The number of aromatic nitrogens is 1. The van der Waals surface area contributed by atoms with Gasteiger partial charge in [0.1, 0.15) is 4.83 Å². The van der Waals surface area contributed by atoms with Crippen molar-refractivity contribution in [3.05, 3.63) is 56.5 Å². The molecule has 1 aromatic carbocycles. The normalized spacial score (nSPS) is 15.9. The molecule has 0 radical (unpaired) electrons. The number of benzene rings is 1. The fourth-order valence-electron chi connectivity index (χ4n) is 4.17. The maximum Gasteiger partial charge on any atom is 0.204 e. The first-order chi connectivity index (χ1) is 14.5. The lowest BCUT2D eigenvalue weighted by Gasteiger charge is -2.34. The first-order valence-corrected chi connectivity index (χ1v) is 12.1. The van der Waals surface area contributed by atoms with Crippen molar-refractivity contribution >= 4 is 50.5 Å². The standard InChI is InChI=1S/C23H27Cl2N3OS/c1-3-7-26-8-10-27(11-9-26)12-13-28-16(2)14-17-15-20(30-23(17)28)22(29)18-5-4-6-19(24)21(18)25/h4-6,14-15H,3,7-13H2,1-2H3. The van der Waals surface area contributed by atoms with Crippen molar-refractivity contribution in [3.63, 3.8) is 0 Å². The predicted molar refractivity (Wildman–Crippen MR) is 128 cm³/mol. The summed E-state index contributed by atoms with van der Waals surface area (Å²) in [7, 11) is 0. The molecule has 1 aliphatic heterocycles. The monoisotopic (exact) mass is 463 g/mol. The molecule has 4 rings (SSSR count). The molecular weight excluding hydrogens is 437 g/mol. The minimum atomic E-state index is -0.0695. The molecule has 0 spiro atoms. The van der Waals surface area contributed by atoms with Crippen molar-refractivity contribution in [2.24, 2.45) is 0 Å². The number of nitrogens with zero attached hydrogens (tertiary/aromatic N) is 3. The summed E-state index contributed by atoms with van der Waals surface area (Å²) < 4.78 is 2.34. The van der Waals surface area contributed by atoms with Gasteiger partial charge in [0.05, 0.1) is 14.9 Å². The number of thiophene rings is 1. The fourth-order valence-corrected chi connectivity index (χ4v) is 5.73. The Hall–Kier alpha value is -1.37. The van der Waals surface area contributed by atoms with E-state index in [0.29, 0.717) is 20.5 Å². The van der Waals surface area contributed by atoms with Gasteiger partial charge in [-0.15, -0.1) is 11.3 Å². The third kappa shape index (κ3) is 4.46. The maximum atomic E-state index is 13.0. The van der Waals surface area contributed by atoms with Crippen LogP contribution in [0.5, 0.6) is 0 Å². The van der Waals surface area contributed by atoms with Crippen molar-refractivity contribution in [3.8, 4) is 0 Å². The fraction of sp³-hybridized carbons (Fsp3) is 0.435. The number of halogens is 2. The molecule has 0 N–H and O–H groups in total. The minimum Gasteiger partial charge on any atom is -0.335 e. The third-order valence-corrected chi connectivity index (χ3v) is 7.83. The van der Waals surface area contributed by atoms with Crippen molar-refractivity contribution in [1.29, 1.82) is 0 Å². The van der Waals surface area contributed by atoms with Crippen molar-refractivity contribution in [1.82, 2.24) is 14.4 Å². The molecule has 3 aromatic rings. The predicted octanol–water partition coefficient (Wildman–Crippen LogP) is 5.58. The molecule has 1 aliphatic rings. The van der Waals surface area contributed by atoms with Crippen molar-refractivity contribution in [2.75, 3.05) is 39.3 Å². The molecule has 0 amide bonds. The van der Waals surface area contributed by atoms with Gasteiger partial charge >= 0.3 is 0 Å². The SMILES string of the molecule is CCCN1CCN(CCn2c(C)cc3cc(C(=O)c4cccc(Cl)c4Cl)sc32)CC1. The lowest BCUT2D eigenvalue weighted by atomic mass is 10.1. The second-order valence-corrected chi connectivity index (χ2v) is 9.74. The quantitative estimate of drug-likeness (QED) is 0.428. The molecule has 7 heteroatoms. The van der Waals surface area contributed by atoms with Gasteiger partial charge in [-0.05, 0) is 44.2 Å². The summed E-state index contributed by atoms with van der Waals surface area (Å²) in [5.41, 5.74) is 1.70. The zero-order valence-corrected chi connectivity index (χ0v) is 19.8. The van der Waals surface area contributed by atoms with Crippen LogP contribution in [-0.2, 0) is 6.54 Å². The number of carbonyl (C=O) groups excluding carboxylic acids is 1. The zero-order valence-electron chi connectivity index (χ0n) is 17.5. The van der Waals surface area contributed by atoms with Crippen LogP contribution in [0.15, 0.2) is 30.3 Å². The van der Waals surface area contributed by atoms with Crippen LogP contribution in [-0.4, -0.2) is 59.4 Å². The molecule has 160 valence electrons. The van der Waals surface area contributed by atoms with E-state index in [1.54, 1.807) is 29.5 Å². The first-order valence-electron chi connectivity index (χ1n) is 10.5. The summed E-state index contributed by atoms with van der Waals surface area (Å²) in [5, 5.41) is 1.85. The van der Waals surface area contributed by atoms with Gasteiger partial charge < -0.3 is 9.47 Å². The Morgan fingerprint density at radius 3 is 2.43 bits per heavy atom. The summed E-state index contributed by atoms with van der Waals surface area (Å²) in [5.74, 6) is -0.0695. The second kappa shape index (κ2) is 9.41. The van der Waals surface area contributed by atoms with Crippen LogP contribution in [0.4, 0.5) is 0 Å². The lowest BCUT2D eigenvalue weighted by molar-refractivity contribution is 0.104. The molecule has 30 heavy (non-hydrogen) atoms. The summed E-state index contributed by atoms with van der Waals surface area (Å²) in [6, 6.07) is 9.34. The van der Waals surface area contributed by atoms with E-state index in [1.165, 1.54) is 18.7 Å². The number of piperazine rings is 1. The number of rotatable bonds is 7. The van der Waals surface area contributed by atoms with Gasteiger partial charge in [0.25, 0.3) is 0 Å². The smallest absolute Gasteiger partial charge is 0.204 e. The Morgan fingerprint density at radius 1 is 1.03 bits per heavy atom. The Balaban J connectivity index is 1.49. The number of aryl methyl sites for hydroxylation is 1. The van der Waals surface area contributed by atoms with Crippen LogP contribution in [0.2, 0.25) is 10.0 Å². The van der Waals surface area contributed by atoms with Crippen LogP contribution in [0, 0.1) is 6.92 Å². The summed E-state index contributed by atoms with van der Waals surface area (Å²) in [6.45, 7) is 12.1. The van der Waals surface area contributed by atoms with E-state index in [-0.39, 0.29) is 5.78 Å². The number of hydrogen-bond donors (Lipinski definition) is 0. The third-order valence-electron chi connectivity index (χ3n) is 5.84. The van der Waals surface area contributed by atoms with Crippen LogP contribution < -0.4 is 0 Å². The van der Waals surface area contributed by atoms with Gasteiger partial charge in [0.15, 0.2) is 0 Å². The largest absolute Gasteiger partial charge is 0.335 e. The maximum absolute atomic E-state index is 13.0.